The zero-order valence-electron chi connectivity index (χ0n) is 19.7. The zero-order chi connectivity index (χ0) is 22.7. The molecule has 0 amide bonds. The van der Waals surface area contributed by atoms with Gasteiger partial charge < -0.3 is 20.1 Å². The van der Waals surface area contributed by atoms with E-state index in [2.05, 4.69) is 50.8 Å². The van der Waals surface area contributed by atoms with Crippen molar-refractivity contribution in [2.45, 2.75) is 90.6 Å². The Morgan fingerprint density at radius 1 is 1.19 bits per heavy atom. The van der Waals surface area contributed by atoms with Crippen LogP contribution in [0.3, 0.4) is 0 Å². The van der Waals surface area contributed by atoms with Crippen LogP contribution in [0.4, 0.5) is 0 Å². The van der Waals surface area contributed by atoms with Gasteiger partial charge in [-0.25, -0.2) is 0 Å². The minimum absolute atomic E-state index is 0.0232. The van der Waals surface area contributed by atoms with E-state index in [9.17, 15) is 15.3 Å². The Kier molecular flexibility index (Phi) is 5.59. The molecule has 0 bridgehead atoms. The van der Waals surface area contributed by atoms with Gasteiger partial charge in [0.1, 0.15) is 12.2 Å². The largest absolute Gasteiger partial charge is 0.378 e. The van der Waals surface area contributed by atoms with Gasteiger partial charge in [-0.05, 0) is 75.7 Å². The summed E-state index contributed by atoms with van der Waals surface area (Å²) in [6.45, 7) is 10.2. The van der Waals surface area contributed by atoms with Crippen molar-refractivity contribution in [3.63, 3.8) is 0 Å². The van der Waals surface area contributed by atoms with Crippen LogP contribution in [0.25, 0.3) is 0 Å². The molecule has 4 aliphatic carbocycles. The highest BCUT2D eigenvalue weighted by atomic mass is 16.5. The molecular weight excluding hydrogens is 388 g/mol. The van der Waals surface area contributed by atoms with Crippen molar-refractivity contribution in [1.29, 1.82) is 0 Å². The van der Waals surface area contributed by atoms with E-state index in [1.54, 1.807) is 13.8 Å². The highest BCUT2D eigenvalue weighted by Crippen LogP contribution is 2.65. The van der Waals surface area contributed by atoms with Crippen molar-refractivity contribution >= 4 is 0 Å². The lowest BCUT2D eigenvalue weighted by molar-refractivity contribution is -0.254. The Labute approximate surface area is 187 Å². The van der Waals surface area contributed by atoms with Gasteiger partial charge in [-0.15, -0.1) is 0 Å². The predicted octanol–water partition coefficient (Wildman–Crippen LogP) is 4.27. The topological polar surface area (TPSA) is 69.9 Å². The first-order chi connectivity index (χ1) is 14.4. The Morgan fingerprint density at radius 2 is 1.94 bits per heavy atom. The minimum Gasteiger partial charge on any atom is -0.378 e. The van der Waals surface area contributed by atoms with E-state index in [1.165, 1.54) is 16.7 Å². The lowest BCUT2D eigenvalue weighted by Crippen LogP contribution is -2.57. The highest BCUT2D eigenvalue weighted by Gasteiger charge is 2.60. The second kappa shape index (κ2) is 7.59. The van der Waals surface area contributed by atoms with Crippen LogP contribution >= 0.6 is 0 Å². The second-order valence-corrected chi connectivity index (χ2v) is 11.0. The summed E-state index contributed by atoms with van der Waals surface area (Å²) in [5.74, 6) is 4.66. The van der Waals surface area contributed by atoms with E-state index in [1.807, 2.05) is 0 Å². The average Bonchev–Trinajstić information content (AvgIpc) is 3.02. The third kappa shape index (κ3) is 3.64. The molecule has 0 aromatic heterocycles. The van der Waals surface area contributed by atoms with Crippen LogP contribution < -0.4 is 0 Å². The number of hydrogen-bond donors (Lipinski definition) is 3. The third-order valence-electron chi connectivity index (χ3n) is 8.64. The number of rotatable bonds is 3. The van der Waals surface area contributed by atoms with Gasteiger partial charge in [-0.2, -0.15) is 0 Å². The Balaban J connectivity index is 1.55. The first-order valence-corrected chi connectivity index (χ1v) is 11.8. The van der Waals surface area contributed by atoms with Gasteiger partial charge in [-0.1, -0.05) is 55.1 Å². The van der Waals surface area contributed by atoms with Crippen LogP contribution in [0.1, 0.15) is 73.1 Å². The first kappa shape index (κ1) is 22.8. The summed E-state index contributed by atoms with van der Waals surface area (Å²) in [6, 6.07) is 0. The molecule has 0 aliphatic heterocycles. The maximum atomic E-state index is 11.0. The van der Waals surface area contributed by atoms with Crippen LogP contribution in [0.2, 0.25) is 0 Å². The molecule has 2 fully saturated rings. The fraction of sp³-hybridized carbons (Fsp3) is 0.704. The SMILES string of the molecule is CC(OCC#CC(C)(C)O)C1=CC[C@H]2C3=CC=C4CCCC(O)(O)[C@]4(C)[C@H]3CC[C@]12C. The van der Waals surface area contributed by atoms with Crippen molar-refractivity contribution in [2.24, 2.45) is 22.7 Å². The zero-order valence-corrected chi connectivity index (χ0v) is 19.7. The molecule has 31 heavy (non-hydrogen) atoms. The average molecular weight is 427 g/mol. The monoisotopic (exact) mass is 426 g/mol. The summed E-state index contributed by atoms with van der Waals surface area (Å²) < 4.78 is 6.05. The summed E-state index contributed by atoms with van der Waals surface area (Å²) >= 11 is 0. The fourth-order valence-electron chi connectivity index (χ4n) is 6.87. The van der Waals surface area contributed by atoms with Gasteiger partial charge >= 0.3 is 0 Å². The molecule has 0 saturated heterocycles. The summed E-state index contributed by atoms with van der Waals surface area (Å²) in [5, 5.41) is 31.8. The Morgan fingerprint density at radius 3 is 2.65 bits per heavy atom. The predicted molar refractivity (Wildman–Crippen MR) is 122 cm³/mol. The van der Waals surface area contributed by atoms with Gasteiger partial charge in [0.2, 0.25) is 0 Å². The lowest BCUT2D eigenvalue weighted by atomic mass is 9.49. The van der Waals surface area contributed by atoms with Crippen molar-refractivity contribution in [1.82, 2.24) is 0 Å². The van der Waals surface area contributed by atoms with Gasteiger partial charge in [0.15, 0.2) is 5.79 Å². The maximum absolute atomic E-state index is 11.0. The normalized spacial score (nSPS) is 37.2. The van der Waals surface area contributed by atoms with E-state index in [4.69, 9.17) is 4.74 Å². The number of ether oxygens (including phenoxy) is 1. The molecule has 0 aromatic rings. The quantitative estimate of drug-likeness (QED) is 0.358. The van der Waals surface area contributed by atoms with Crippen LogP contribution in [0, 0.1) is 34.5 Å². The summed E-state index contributed by atoms with van der Waals surface area (Å²) in [7, 11) is 0. The Hall–Kier alpha value is -1.38. The molecule has 4 rings (SSSR count). The van der Waals surface area contributed by atoms with Crippen LogP contribution in [-0.2, 0) is 4.74 Å². The molecule has 0 spiro atoms. The van der Waals surface area contributed by atoms with E-state index in [0.29, 0.717) is 18.9 Å². The number of allylic oxidation sites excluding steroid dienone is 4. The van der Waals surface area contributed by atoms with Crippen molar-refractivity contribution in [2.75, 3.05) is 6.61 Å². The van der Waals surface area contributed by atoms with Gasteiger partial charge in [0.05, 0.1) is 6.10 Å². The summed E-state index contributed by atoms with van der Waals surface area (Å²) in [5.41, 5.74) is 2.36. The first-order valence-electron chi connectivity index (χ1n) is 11.8. The Bertz CT molecular complexity index is 890. The molecule has 4 aliphatic rings. The second-order valence-electron chi connectivity index (χ2n) is 11.0. The van der Waals surface area contributed by atoms with Crippen molar-refractivity contribution in [3.8, 4) is 11.8 Å². The van der Waals surface area contributed by atoms with Gasteiger partial charge in [-0.3, -0.25) is 0 Å². The molecule has 3 N–H and O–H groups in total. The molecular formula is C27H38O4. The molecule has 2 saturated carbocycles. The summed E-state index contributed by atoms with van der Waals surface area (Å²) in [6.07, 6.45) is 12.0. The number of fused-ring (bicyclic) bond motifs is 5. The highest BCUT2D eigenvalue weighted by molar-refractivity contribution is 5.43. The maximum Gasteiger partial charge on any atom is 0.172 e. The smallest absolute Gasteiger partial charge is 0.172 e. The number of aliphatic hydroxyl groups is 3. The molecule has 4 heteroatoms. The van der Waals surface area contributed by atoms with Crippen LogP contribution in [0.5, 0.6) is 0 Å². The summed E-state index contributed by atoms with van der Waals surface area (Å²) in [4.78, 5) is 0. The van der Waals surface area contributed by atoms with Gasteiger partial charge in [0, 0.05) is 11.8 Å². The van der Waals surface area contributed by atoms with Crippen molar-refractivity contribution in [3.05, 3.63) is 34.9 Å². The number of hydrogen-bond acceptors (Lipinski definition) is 4. The van der Waals surface area contributed by atoms with Crippen molar-refractivity contribution < 1.29 is 20.1 Å². The molecule has 0 heterocycles. The molecule has 0 radical (unpaired) electrons. The van der Waals surface area contributed by atoms with Gasteiger partial charge in [0.25, 0.3) is 0 Å². The van der Waals surface area contributed by atoms with Crippen LogP contribution in [-0.4, -0.2) is 39.4 Å². The van der Waals surface area contributed by atoms with E-state index in [-0.39, 0.29) is 17.4 Å². The van der Waals surface area contributed by atoms with E-state index < -0.39 is 16.8 Å². The van der Waals surface area contributed by atoms with E-state index >= 15 is 0 Å². The lowest BCUT2D eigenvalue weighted by Gasteiger charge is -2.58. The molecule has 170 valence electrons. The third-order valence-corrected chi connectivity index (χ3v) is 8.64. The van der Waals surface area contributed by atoms with E-state index in [0.717, 1.165) is 32.1 Å². The molecule has 1 unspecified atom stereocenters. The van der Waals surface area contributed by atoms with Crippen LogP contribution in [0.15, 0.2) is 34.9 Å². The molecule has 0 aromatic carbocycles. The molecule has 5 atom stereocenters. The standard InChI is InChI=1S/C27H38O4/c1-18(31-17-7-14-24(2,3)28)21-11-12-22-20-10-9-19-8-6-15-27(29,30)26(19,5)23(20)13-16-25(21,22)4/h9-11,18,22-23,28-30H,6,8,12-13,15-17H2,1-5H3/t18?,22-,23-,25+,26-/m0/s1. The minimum atomic E-state index is -1.64. The fourth-order valence-corrected chi connectivity index (χ4v) is 6.87. The molecule has 4 nitrogen and oxygen atoms in total.